The fourth-order valence-electron chi connectivity index (χ4n) is 3.19. The Hall–Kier alpha value is -3.11. The van der Waals surface area contributed by atoms with Crippen molar-refractivity contribution in [3.05, 3.63) is 93.1 Å². The van der Waals surface area contributed by atoms with E-state index in [1.54, 1.807) is 47.4 Å². The van der Waals surface area contributed by atoms with E-state index in [4.69, 9.17) is 27.6 Å². The Balaban J connectivity index is 1.65. The van der Waals surface area contributed by atoms with Crippen molar-refractivity contribution in [1.29, 1.82) is 5.26 Å². The molecular weight excluding hydrogens is 453 g/mol. The molecule has 1 aliphatic heterocycles. The highest BCUT2D eigenvalue weighted by Gasteiger charge is 2.31. The van der Waals surface area contributed by atoms with Crippen LogP contribution in [0.15, 0.2) is 81.8 Å². The standard InChI is InChI=1S/C23H15Cl2N3O2S/c24-14-6-9-17(19(25)12-14)20-10-7-16(30-20)8-11-21-27-22(29)18(13-26)23(31)28(21)15-4-2-1-3-5-15/h1-12,21,31H,(H,27,29)/b11-8+. The Morgan fingerprint density at radius 2 is 1.90 bits per heavy atom. The zero-order valence-corrected chi connectivity index (χ0v) is 18.3. The lowest BCUT2D eigenvalue weighted by Gasteiger charge is -2.36. The molecule has 0 saturated carbocycles. The molecule has 1 aromatic heterocycles. The number of halogens is 2. The molecule has 1 unspecified atom stereocenters. The molecule has 3 aromatic rings. The van der Waals surface area contributed by atoms with Gasteiger partial charge in [-0.3, -0.25) is 4.79 Å². The van der Waals surface area contributed by atoms with Crippen molar-refractivity contribution in [2.75, 3.05) is 4.90 Å². The molecule has 4 rings (SSSR count). The van der Waals surface area contributed by atoms with Crippen LogP contribution in [0.2, 0.25) is 10.0 Å². The molecule has 0 radical (unpaired) electrons. The third kappa shape index (κ3) is 4.35. The first-order chi connectivity index (χ1) is 15.0. The number of amides is 1. The van der Waals surface area contributed by atoms with Crippen LogP contribution in [0.3, 0.4) is 0 Å². The largest absolute Gasteiger partial charge is 0.457 e. The summed E-state index contributed by atoms with van der Waals surface area (Å²) in [6.07, 6.45) is 2.95. The molecule has 154 valence electrons. The number of para-hydroxylation sites is 1. The van der Waals surface area contributed by atoms with Gasteiger partial charge in [-0.15, -0.1) is 12.6 Å². The van der Waals surface area contributed by atoms with Gasteiger partial charge >= 0.3 is 0 Å². The van der Waals surface area contributed by atoms with E-state index in [9.17, 15) is 10.1 Å². The summed E-state index contributed by atoms with van der Waals surface area (Å²) in [4.78, 5) is 14.1. The maximum Gasteiger partial charge on any atom is 0.266 e. The number of furan rings is 1. The lowest BCUT2D eigenvalue weighted by Crippen LogP contribution is -2.51. The van der Waals surface area contributed by atoms with Gasteiger partial charge in [-0.1, -0.05) is 41.4 Å². The molecule has 0 saturated heterocycles. The zero-order chi connectivity index (χ0) is 22.0. The molecule has 1 N–H and O–H groups in total. The average molecular weight is 468 g/mol. The van der Waals surface area contributed by atoms with Gasteiger partial charge in [0, 0.05) is 16.3 Å². The summed E-state index contributed by atoms with van der Waals surface area (Å²) in [6, 6.07) is 20.1. The quantitative estimate of drug-likeness (QED) is 0.469. The Labute approximate surface area is 194 Å². The summed E-state index contributed by atoms with van der Waals surface area (Å²) in [5.74, 6) is 0.678. The smallest absolute Gasteiger partial charge is 0.266 e. The lowest BCUT2D eigenvalue weighted by atomic mass is 10.1. The van der Waals surface area contributed by atoms with Crippen LogP contribution in [0.5, 0.6) is 0 Å². The summed E-state index contributed by atoms with van der Waals surface area (Å²) in [5, 5.41) is 13.5. The first-order valence-electron chi connectivity index (χ1n) is 9.20. The fourth-order valence-corrected chi connectivity index (χ4v) is 4.09. The van der Waals surface area contributed by atoms with E-state index in [1.165, 1.54) is 0 Å². The van der Waals surface area contributed by atoms with Gasteiger partial charge in [-0.25, -0.2) is 0 Å². The van der Waals surface area contributed by atoms with Crippen molar-refractivity contribution in [3.63, 3.8) is 0 Å². The molecular formula is C23H15Cl2N3O2S. The number of benzene rings is 2. The van der Waals surface area contributed by atoms with Crippen molar-refractivity contribution in [3.8, 4) is 17.4 Å². The van der Waals surface area contributed by atoms with E-state index in [2.05, 4.69) is 17.9 Å². The van der Waals surface area contributed by atoms with Crippen LogP contribution in [-0.4, -0.2) is 12.1 Å². The number of hydrogen-bond acceptors (Lipinski definition) is 5. The second kappa shape index (κ2) is 8.94. The first kappa shape index (κ1) is 21.1. The Morgan fingerprint density at radius 1 is 1.13 bits per heavy atom. The molecule has 0 bridgehead atoms. The number of nitrogens with zero attached hydrogens (tertiary/aromatic N) is 2. The summed E-state index contributed by atoms with van der Waals surface area (Å²) in [5.41, 5.74) is 1.46. The van der Waals surface area contributed by atoms with Gasteiger partial charge in [0.15, 0.2) is 0 Å². The Morgan fingerprint density at radius 3 is 2.61 bits per heavy atom. The highest BCUT2D eigenvalue weighted by molar-refractivity contribution is 7.84. The first-order valence-corrected chi connectivity index (χ1v) is 10.4. The van der Waals surface area contributed by atoms with Crippen LogP contribution >= 0.6 is 35.8 Å². The van der Waals surface area contributed by atoms with Crippen LogP contribution in [0.1, 0.15) is 5.76 Å². The summed E-state index contributed by atoms with van der Waals surface area (Å²) in [7, 11) is 0. The number of rotatable bonds is 4. The minimum absolute atomic E-state index is 0.0468. The SMILES string of the molecule is N#CC1=C(S)N(c2ccccc2)C(/C=C/c2ccc(-c3ccc(Cl)cc3Cl)o2)NC1=O. The highest BCUT2D eigenvalue weighted by Crippen LogP contribution is 2.33. The fraction of sp³-hybridized carbons (Fsp3) is 0.0435. The normalized spacial score (nSPS) is 16.5. The minimum Gasteiger partial charge on any atom is -0.457 e. The van der Waals surface area contributed by atoms with Gasteiger partial charge in [-0.2, -0.15) is 5.26 Å². The lowest BCUT2D eigenvalue weighted by molar-refractivity contribution is -0.117. The van der Waals surface area contributed by atoms with Gasteiger partial charge in [-0.05, 0) is 54.6 Å². The van der Waals surface area contributed by atoms with E-state index >= 15 is 0 Å². The van der Waals surface area contributed by atoms with E-state index in [0.29, 0.717) is 21.6 Å². The van der Waals surface area contributed by atoms with Gasteiger partial charge in [0.05, 0.1) is 10.1 Å². The van der Waals surface area contributed by atoms with E-state index in [-0.39, 0.29) is 10.6 Å². The van der Waals surface area contributed by atoms with Crippen LogP contribution < -0.4 is 10.2 Å². The molecule has 0 spiro atoms. The predicted molar refractivity (Wildman–Crippen MR) is 126 cm³/mol. The van der Waals surface area contributed by atoms with Gasteiger partial charge < -0.3 is 14.6 Å². The molecule has 31 heavy (non-hydrogen) atoms. The number of nitrogens with one attached hydrogen (secondary N) is 1. The average Bonchev–Trinajstić information content (AvgIpc) is 3.21. The molecule has 0 aliphatic carbocycles. The molecule has 2 heterocycles. The Kier molecular flexibility index (Phi) is 6.10. The van der Waals surface area contributed by atoms with Crippen LogP contribution in [0.25, 0.3) is 17.4 Å². The zero-order valence-electron chi connectivity index (χ0n) is 15.9. The monoisotopic (exact) mass is 467 g/mol. The summed E-state index contributed by atoms with van der Waals surface area (Å²) in [6.45, 7) is 0. The number of nitriles is 1. The molecule has 1 amide bonds. The second-order valence-electron chi connectivity index (χ2n) is 6.62. The third-order valence-corrected chi connectivity index (χ3v) is 5.64. The number of hydrogen-bond donors (Lipinski definition) is 2. The van der Waals surface area contributed by atoms with Crippen LogP contribution in [-0.2, 0) is 4.79 Å². The van der Waals surface area contributed by atoms with Crippen molar-refractivity contribution in [2.24, 2.45) is 0 Å². The van der Waals surface area contributed by atoms with Crippen molar-refractivity contribution >= 4 is 53.5 Å². The molecule has 8 heteroatoms. The van der Waals surface area contributed by atoms with Gasteiger partial charge in [0.2, 0.25) is 0 Å². The number of carbonyl (C=O) groups excluding carboxylic acids is 1. The van der Waals surface area contributed by atoms with E-state index < -0.39 is 12.1 Å². The van der Waals surface area contributed by atoms with Crippen molar-refractivity contribution < 1.29 is 9.21 Å². The predicted octanol–water partition coefficient (Wildman–Crippen LogP) is 5.89. The van der Waals surface area contributed by atoms with E-state index in [1.807, 2.05) is 36.4 Å². The minimum atomic E-state index is -0.563. The third-order valence-electron chi connectivity index (χ3n) is 4.65. The van der Waals surface area contributed by atoms with Crippen molar-refractivity contribution in [2.45, 2.75) is 6.17 Å². The number of carbonyl (C=O) groups is 1. The molecule has 0 fully saturated rings. The maximum atomic E-state index is 12.3. The van der Waals surface area contributed by atoms with Gasteiger partial charge in [0.25, 0.3) is 5.91 Å². The van der Waals surface area contributed by atoms with Crippen LogP contribution in [0, 0.1) is 11.3 Å². The number of anilines is 1. The molecule has 2 aromatic carbocycles. The van der Waals surface area contributed by atoms with Crippen molar-refractivity contribution in [1.82, 2.24) is 5.32 Å². The highest BCUT2D eigenvalue weighted by atomic mass is 35.5. The molecule has 1 atom stereocenters. The summed E-state index contributed by atoms with van der Waals surface area (Å²) >= 11 is 16.7. The Bertz CT molecular complexity index is 1250. The molecule has 1 aliphatic rings. The van der Waals surface area contributed by atoms with Crippen LogP contribution in [0.4, 0.5) is 5.69 Å². The topological polar surface area (TPSA) is 69.3 Å². The number of thiol groups is 1. The molecule has 5 nitrogen and oxygen atoms in total. The van der Waals surface area contributed by atoms with Gasteiger partial charge in [0.1, 0.15) is 29.3 Å². The second-order valence-corrected chi connectivity index (χ2v) is 7.89. The van der Waals surface area contributed by atoms with E-state index in [0.717, 1.165) is 11.3 Å². The summed E-state index contributed by atoms with van der Waals surface area (Å²) < 4.78 is 5.89. The maximum absolute atomic E-state index is 12.3.